The summed E-state index contributed by atoms with van der Waals surface area (Å²) in [4.78, 5) is 24.6. The van der Waals surface area contributed by atoms with Gasteiger partial charge in [-0.3, -0.25) is 9.59 Å². The van der Waals surface area contributed by atoms with E-state index in [0.717, 1.165) is 0 Å². The van der Waals surface area contributed by atoms with Crippen LogP contribution in [0.1, 0.15) is 13.3 Å². The van der Waals surface area contributed by atoms with Crippen LogP contribution < -0.4 is 4.74 Å². The van der Waals surface area contributed by atoms with E-state index in [0.29, 0.717) is 18.7 Å². The van der Waals surface area contributed by atoms with Gasteiger partial charge in [0, 0.05) is 13.1 Å². The maximum Gasteiger partial charge on any atom is 0.311 e. The van der Waals surface area contributed by atoms with Gasteiger partial charge in [0.1, 0.15) is 5.75 Å². The van der Waals surface area contributed by atoms with Crippen LogP contribution in [0.15, 0.2) is 30.3 Å². The third kappa shape index (κ3) is 3.05. The molecule has 1 fully saturated rings. The molecule has 1 aliphatic heterocycles. The summed E-state index contributed by atoms with van der Waals surface area (Å²) in [6, 6.07) is 9.08. The number of benzene rings is 1. The molecule has 0 radical (unpaired) electrons. The van der Waals surface area contributed by atoms with E-state index in [1.165, 1.54) is 0 Å². The van der Waals surface area contributed by atoms with Crippen molar-refractivity contribution in [2.75, 3.05) is 19.7 Å². The molecule has 1 saturated heterocycles. The van der Waals surface area contributed by atoms with Crippen molar-refractivity contribution in [3.05, 3.63) is 30.3 Å². The first-order valence-electron chi connectivity index (χ1n) is 6.20. The molecule has 102 valence electrons. The number of carboxylic acid groups (broad SMARTS) is 1. The van der Waals surface area contributed by atoms with Gasteiger partial charge in [0.15, 0.2) is 6.61 Å². The van der Waals surface area contributed by atoms with E-state index in [2.05, 4.69) is 0 Å². The number of likely N-dealkylation sites (tertiary alicyclic amines) is 1. The molecule has 0 saturated carbocycles. The Balaban J connectivity index is 1.87. The van der Waals surface area contributed by atoms with Gasteiger partial charge in [-0.25, -0.2) is 0 Å². The molecule has 1 amide bonds. The number of nitrogens with zero attached hydrogens (tertiary/aromatic N) is 1. The van der Waals surface area contributed by atoms with Crippen molar-refractivity contribution in [2.24, 2.45) is 5.41 Å². The van der Waals surface area contributed by atoms with Crippen molar-refractivity contribution >= 4 is 11.9 Å². The van der Waals surface area contributed by atoms with Crippen LogP contribution >= 0.6 is 0 Å². The lowest BCUT2D eigenvalue weighted by atomic mass is 9.90. The second kappa shape index (κ2) is 5.30. The van der Waals surface area contributed by atoms with Crippen LogP contribution in [0.2, 0.25) is 0 Å². The zero-order valence-electron chi connectivity index (χ0n) is 10.8. The standard InChI is InChI=1S/C14H17NO4/c1-14(13(17)18)7-8-15(10-14)12(16)9-19-11-5-3-2-4-6-11/h2-6H,7-10H2,1H3,(H,17,18). The molecule has 0 spiro atoms. The Morgan fingerprint density at radius 2 is 2.05 bits per heavy atom. The molecule has 5 nitrogen and oxygen atoms in total. The fraction of sp³-hybridized carbons (Fsp3) is 0.429. The van der Waals surface area contributed by atoms with E-state index in [9.17, 15) is 9.59 Å². The molecule has 1 unspecified atom stereocenters. The Labute approximate surface area is 111 Å². The van der Waals surface area contributed by atoms with Gasteiger partial charge in [0.2, 0.25) is 0 Å². The largest absolute Gasteiger partial charge is 0.484 e. The van der Waals surface area contributed by atoms with Gasteiger partial charge < -0.3 is 14.7 Å². The summed E-state index contributed by atoms with van der Waals surface area (Å²) in [6.07, 6.45) is 0.486. The minimum Gasteiger partial charge on any atom is -0.484 e. The fourth-order valence-corrected chi connectivity index (χ4v) is 2.10. The number of para-hydroxylation sites is 1. The number of carbonyl (C=O) groups excluding carboxylic acids is 1. The van der Waals surface area contributed by atoms with Gasteiger partial charge in [0.05, 0.1) is 5.41 Å². The van der Waals surface area contributed by atoms with E-state index in [1.54, 1.807) is 24.0 Å². The number of hydrogen-bond donors (Lipinski definition) is 1. The molecule has 5 heteroatoms. The summed E-state index contributed by atoms with van der Waals surface area (Å²) in [5.74, 6) is -0.392. The quantitative estimate of drug-likeness (QED) is 0.891. The average Bonchev–Trinajstić information content (AvgIpc) is 2.81. The molecule has 2 rings (SSSR count). The molecule has 1 N–H and O–H groups in total. The van der Waals surface area contributed by atoms with E-state index in [1.807, 2.05) is 18.2 Å². The number of rotatable bonds is 4. The molecule has 0 aliphatic carbocycles. The highest BCUT2D eigenvalue weighted by molar-refractivity contribution is 5.81. The van der Waals surface area contributed by atoms with Gasteiger partial charge in [-0.05, 0) is 25.5 Å². The highest BCUT2D eigenvalue weighted by Crippen LogP contribution is 2.30. The molecular weight excluding hydrogens is 246 g/mol. The minimum atomic E-state index is -0.855. The van der Waals surface area contributed by atoms with Crippen molar-refractivity contribution in [2.45, 2.75) is 13.3 Å². The fourth-order valence-electron chi connectivity index (χ4n) is 2.10. The van der Waals surface area contributed by atoms with Crippen molar-refractivity contribution in [3.63, 3.8) is 0 Å². The van der Waals surface area contributed by atoms with Gasteiger partial charge >= 0.3 is 5.97 Å². The molecule has 19 heavy (non-hydrogen) atoms. The smallest absolute Gasteiger partial charge is 0.311 e. The minimum absolute atomic E-state index is 0.0558. The Bertz CT molecular complexity index is 474. The highest BCUT2D eigenvalue weighted by Gasteiger charge is 2.42. The number of aliphatic carboxylic acids is 1. The number of carboxylic acids is 1. The molecule has 1 aromatic rings. The monoisotopic (exact) mass is 263 g/mol. The van der Waals surface area contributed by atoms with Crippen molar-refractivity contribution in [3.8, 4) is 5.75 Å². The van der Waals surface area contributed by atoms with Crippen LogP contribution in [0.3, 0.4) is 0 Å². The zero-order valence-corrected chi connectivity index (χ0v) is 10.8. The Morgan fingerprint density at radius 3 is 2.63 bits per heavy atom. The topological polar surface area (TPSA) is 66.8 Å². The van der Waals surface area contributed by atoms with Crippen molar-refractivity contribution in [1.82, 2.24) is 4.90 Å². The number of amides is 1. The summed E-state index contributed by atoms with van der Waals surface area (Å²) >= 11 is 0. The third-order valence-corrected chi connectivity index (χ3v) is 3.45. The lowest BCUT2D eigenvalue weighted by Gasteiger charge is -2.20. The highest BCUT2D eigenvalue weighted by atomic mass is 16.5. The molecule has 1 aromatic carbocycles. The Morgan fingerprint density at radius 1 is 1.37 bits per heavy atom. The third-order valence-electron chi connectivity index (χ3n) is 3.45. The zero-order chi connectivity index (χ0) is 13.9. The lowest BCUT2D eigenvalue weighted by molar-refractivity contribution is -0.147. The first-order valence-corrected chi connectivity index (χ1v) is 6.20. The van der Waals surface area contributed by atoms with E-state index >= 15 is 0 Å². The number of carbonyl (C=O) groups is 2. The number of ether oxygens (including phenoxy) is 1. The summed E-state index contributed by atoms with van der Waals surface area (Å²) in [7, 11) is 0. The van der Waals surface area contributed by atoms with Crippen molar-refractivity contribution in [1.29, 1.82) is 0 Å². The van der Waals surface area contributed by atoms with Crippen LogP contribution in [0.4, 0.5) is 0 Å². The predicted molar refractivity (Wildman–Crippen MR) is 68.9 cm³/mol. The van der Waals surface area contributed by atoms with Crippen LogP contribution in [-0.2, 0) is 9.59 Å². The molecule has 1 atom stereocenters. The maximum atomic E-state index is 11.9. The average molecular weight is 263 g/mol. The maximum absolute atomic E-state index is 11.9. The summed E-state index contributed by atoms with van der Waals surface area (Å²) in [5, 5.41) is 9.11. The first kappa shape index (κ1) is 13.4. The molecule has 0 bridgehead atoms. The normalized spacial score (nSPS) is 22.3. The second-order valence-electron chi connectivity index (χ2n) is 5.03. The van der Waals surface area contributed by atoms with Crippen LogP contribution in [0, 0.1) is 5.41 Å². The van der Waals surface area contributed by atoms with E-state index in [4.69, 9.17) is 9.84 Å². The SMILES string of the molecule is CC1(C(=O)O)CCN(C(=O)COc2ccccc2)C1. The summed E-state index contributed by atoms with van der Waals surface area (Å²) < 4.78 is 5.37. The summed E-state index contributed by atoms with van der Waals surface area (Å²) in [6.45, 7) is 2.33. The first-order chi connectivity index (χ1) is 9.01. The van der Waals surface area contributed by atoms with Gasteiger partial charge in [0.25, 0.3) is 5.91 Å². The Hall–Kier alpha value is -2.04. The van der Waals surface area contributed by atoms with E-state index < -0.39 is 11.4 Å². The molecule has 1 aliphatic rings. The molecular formula is C14H17NO4. The second-order valence-corrected chi connectivity index (χ2v) is 5.03. The van der Waals surface area contributed by atoms with Gasteiger partial charge in [-0.1, -0.05) is 18.2 Å². The van der Waals surface area contributed by atoms with Crippen LogP contribution in [-0.4, -0.2) is 41.6 Å². The van der Waals surface area contributed by atoms with E-state index in [-0.39, 0.29) is 19.1 Å². The summed E-state index contributed by atoms with van der Waals surface area (Å²) in [5.41, 5.74) is -0.831. The Kier molecular flexibility index (Phi) is 3.74. The van der Waals surface area contributed by atoms with Crippen LogP contribution in [0.5, 0.6) is 5.75 Å². The molecule has 0 aromatic heterocycles. The van der Waals surface area contributed by atoms with Crippen molar-refractivity contribution < 1.29 is 19.4 Å². The van der Waals surface area contributed by atoms with Gasteiger partial charge in [-0.2, -0.15) is 0 Å². The predicted octanol–water partition coefficient (Wildman–Crippen LogP) is 1.39. The number of hydrogen-bond acceptors (Lipinski definition) is 3. The van der Waals surface area contributed by atoms with Gasteiger partial charge in [-0.15, -0.1) is 0 Å². The molecule has 1 heterocycles. The van der Waals surface area contributed by atoms with Crippen LogP contribution in [0.25, 0.3) is 0 Å². The lowest BCUT2D eigenvalue weighted by Crippen LogP contribution is -2.37.